The molecular weight excluding hydrogens is 236 g/mol. The van der Waals surface area contributed by atoms with Crippen molar-refractivity contribution in [3.05, 3.63) is 11.6 Å². The van der Waals surface area contributed by atoms with Gasteiger partial charge in [0.05, 0.1) is 5.69 Å². The first-order valence-corrected chi connectivity index (χ1v) is 5.86. The van der Waals surface area contributed by atoms with Crippen LogP contribution in [-0.4, -0.2) is 19.8 Å². The van der Waals surface area contributed by atoms with Crippen molar-refractivity contribution in [1.82, 2.24) is 19.8 Å². The Morgan fingerprint density at radius 3 is 2.87 bits per heavy atom. The van der Waals surface area contributed by atoms with Gasteiger partial charge in [0.25, 0.3) is 5.89 Å². The van der Waals surface area contributed by atoms with Gasteiger partial charge in [0.15, 0.2) is 0 Å². The number of hydrogen-bond acceptors (Lipinski definition) is 6. The van der Waals surface area contributed by atoms with E-state index in [1.807, 2.05) is 0 Å². The first kappa shape index (κ1) is 10.5. The SMILES string of the molecule is CCCc1nnsc1-c1nnc(CCl)o1. The maximum Gasteiger partial charge on any atom is 0.261 e. The molecule has 0 N–H and O–H groups in total. The summed E-state index contributed by atoms with van der Waals surface area (Å²) in [6.45, 7) is 2.08. The van der Waals surface area contributed by atoms with Crippen LogP contribution >= 0.6 is 23.1 Å². The lowest BCUT2D eigenvalue weighted by Crippen LogP contribution is -1.87. The first-order valence-electron chi connectivity index (χ1n) is 4.55. The molecule has 0 aliphatic carbocycles. The van der Waals surface area contributed by atoms with Crippen molar-refractivity contribution < 1.29 is 4.42 Å². The van der Waals surface area contributed by atoms with Crippen LogP contribution in [0.3, 0.4) is 0 Å². The van der Waals surface area contributed by atoms with Gasteiger partial charge in [-0.05, 0) is 18.0 Å². The molecule has 2 aromatic rings. The summed E-state index contributed by atoms with van der Waals surface area (Å²) in [6, 6.07) is 0. The fourth-order valence-electron chi connectivity index (χ4n) is 1.17. The molecule has 0 aromatic carbocycles. The fraction of sp³-hybridized carbons (Fsp3) is 0.500. The van der Waals surface area contributed by atoms with E-state index < -0.39 is 0 Å². The Morgan fingerprint density at radius 2 is 2.20 bits per heavy atom. The summed E-state index contributed by atoms with van der Waals surface area (Å²) in [4.78, 5) is 0.848. The second-order valence-corrected chi connectivity index (χ2v) is 3.95. The van der Waals surface area contributed by atoms with Crippen LogP contribution in [0.2, 0.25) is 0 Å². The minimum absolute atomic E-state index is 0.225. The number of aryl methyl sites for hydroxylation is 1. The molecule has 5 nitrogen and oxygen atoms in total. The number of aromatic nitrogens is 4. The molecule has 0 unspecified atom stereocenters. The summed E-state index contributed by atoms with van der Waals surface area (Å²) in [5.74, 6) is 1.11. The molecule has 80 valence electrons. The number of alkyl halides is 1. The molecule has 0 bridgehead atoms. The molecule has 0 aliphatic rings. The Labute approximate surface area is 95.6 Å². The molecule has 7 heteroatoms. The van der Waals surface area contributed by atoms with Crippen LogP contribution in [-0.2, 0) is 12.3 Å². The van der Waals surface area contributed by atoms with Crippen molar-refractivity contribution in [3.8, 4) is 10.8 Å². The van der Waals surface area contributed by atoms with E-state index in [9.17, 15) is 0 Å². The van der Waals surface area contributed by atoms with E-state index in [0.29, 0.717) is 11.8 Å². The van der Waals surface area contributed by atoms with Crippen molar-refractivity contribution in [3.63, 3.8) is 0 Å². The third-order valence-corrected chi connectivity index (χ3v) is 2.80. The quantitative estimate of drug-likeness (QED) is 0.772. The van der Waals surface area contributed by atoms with Crippen LogP contribution < -0.4 is 0 Å². The van der Waals surface area contributed by atoms with Gasteiger partial charge in [0.1, 0.15) is 10.8 Å². The molecule has 0 atom stereocenters. The van der Waals surface area contributed by atoms with Gasteiger partial charge in [-0.3, -0.25) is 0 Å². The standard InChI is InChI=1S/C8H9ClN4OS/c1-2-3-5-7(15-13-10-5)8-12-11-6(4-9)14-8/h2-4H2,1H3. The van der Waals surface area contributed by atoms with Crippen LogP contribution in [0.4, 0.5) is 0 Å². The van der Waals surface area contributed by atoms with E-state index in [1.165, 1.54) is 11.5 Å². The molecule has 0 aliphatic heterocycles. The highest BCUT2D eigenvalue weighted by atomic mass is 35.5. The topological polar surface area (TPSA) is 64.7 Å². The Hall–Kier alpha value is -1.01. The van der Waals surface area contributed by atoms with Gasteiger partial charge in [-0.1, -0.05) is 17.8 Å². The maximum atomic E-state index is 5.58. The molecule has 0 spiro atoms. The third-order valence-electron chi connectivity index (χ3n) is 1.82. The lowest BCUT2D eigenvalue weighted by Gasteiger charge is -1.92. The maximum absolute atomic E-state index is 5.58. The largest absolute Gasteiger partial charge is 0.418 e. The third kappa shape index (κ3) is 2.15. The van der Waals surface area contributed by atoms with Gasteiger partial charge < -0.3 is 4.42 Å². The summed E-state index contributed by atoms with van der Waals surface area (Å²) in [7, 11) is 0. The van der Waals surface area contributed by atoms with E-state index in [-0.39, 0.29) is 5.88 Å². The van der Waals surface area contributed by atoms with E-state index in [1.54, 1.807) is 0 Å². The van der Waals surface area contributed by atoms with Crippen molar-refractivity contribution in [2.24, 2.45) is 0 Å². The predicted molar refractivity (Wildman–Crippen MR) is 56.8 cm³/mol. The highest BCUT2D eigenvalue weighted by Crippen LogP contribution is 2.25. The molecule has 0 saturated heterocycles. The Kier molecular flexibility index (Phi) is 3.27. The Bertz CT molecular complexity index is 441. The molecule has 2 heterocycles. The number of halogens is 1. The molecule has 0 fully saturated rings. The van der Waals surface area contributed by atoms with Crippen molar-refractivity contribution in [1.29, 1.82) is 0 Å². The average molecular weight is 245 g/mol. The molecular formula is C8H9ClN4OS. The van der Waals surface area contributed by atoms with Crippen LogP contribution in [0.25, 0.3) is 10.8 Å². The zero-order valence-corrected chi connectivity index (χ0v) is 9.68. The molecule has 15 heavy (non-hydrogen) atoms. The number of hydrogen-bond donors (Lipinski definition) is 0. The zero-order valence-electron chi connectivity index (χ0n) is 8.10. The average Bonchev–Trinajstić information content (AvgIpc) is 2.85. The lowest BCUT2D eigenvalue weighted by atomic mass is 10.2. The summed E-state index contributed by atoms with van der Waals surface area (Å²) in [6.07, 6.45) is 1.87. The summed E-state index contributed by atoms with van der Waals surface area (Å²) in [5.41, 5.74) is 0.910. The van der Waals surface area contributed by atoms with E-state index in [4.69, 9.17) is 16.0 Å². The molecule has 0 saturated carbocycles. The second-order valence-electron chi connectivity index (χ2n) is 2.93. The smallest absolute Gasteiger partial charge is 0.261 e. The predicted octanol–water partition coefficient (Wildman–Crippen LogP) is 2.28. The first-order chi connectivity index (χ1) is 7.35. The lowest BCUT2D eigenvalue weighted by molar-refractivity contribution is 0.527. The summed E-state index contributed by atoms with van der Waals surface area (Å²) in [5, 5.41) is 11.7. The van der Waals surface area contributed by atoms with Crippen LogP contribution in [0.5, 0.6) is 0 Å². The van der Waals surface area contributed by atoms with E-state index in [0.717, 1.165) is 23.4 Å². The summed E-state index contributed by atoms with van der Waals surface area (Å²) < 4.78 is 9.22. The van der Waals surface area contributed by atoms with Crippen LogP contribution in [0.15, 0.2) is 4.42 Å². The van der Waals surface area contributed by atoms with Crippen LogP contribution in [0.1, 0.15) is 24.9 Å². The monoisotopic (exact) mass is 244 g/mol. The molecule has 0 amide bonds. The van der Waals surface area contributed by atoms with Gasteiger partial charge in [0, 0.05) is 0 Å². The number of rotatable bonds is 4. The van der Waals surface area contributed by atoms with E-state index in [2.05, 4.69) is 26.7 Å². The molecule has 2 aromatic heterocycles. The van der Waals surface area contributed by atoms with Gasteiger partial charge in [0.2, 0.25) is 5.89 Å². The fourth-order valence-corrected chi connectivity index (χ4v) is 1.91. The molecule has 2 rings (SSSR count). The number of nitrogens with zero attached hydrogens (tertiary/aromatic N) is 4. The van der Waals surface area contributed by atoms with E-state index >= 15 is 0 Å². The highest BCUT2D eigenvalue weighted by Gasteiger charge is 2.15. The Morgan fingerprint density at radius 1 is 1.33 bits per heavy atom. The van der Waals surface area contributed by atoms with Crippen molar-refractivity contribution >= 4 is 23.1 Å². The second kappa shape index (κ2) is 4.67. The van der Waals surface area contributed by atoms with Gasteiger partial charge >= 0.3 is 0 Å². The van der Waals surface area contributed by atoms with Gasteiger partial charge in [-0.25, -0.2) is 0 Å². The Balaban J connectivity index is 2.31. The van der Waals surface area contributed by atoms with Crippen molar-refractivity contribution in [2.45, 2.75) is 25.6 Å². The zero-order chi connectivity index (χ0) is 10.7. The van der Waals surface area contributed by atoms with Gasteiger partial charge in [-0.2, -0.15) is 0 Å². The van der Waals surface area contributed by atoms with Gasteiger partial charge in [-0.15, -0.1) is 26.9 Å². The highest BCUT2D eigenvalue weighted by molar-refractivity contribution is 7.09. The van der Waals surface area contributed by atoms with Crippen molar-refractivity contribution in [2.75, 3.05) is 0 Å². The minimum Gasteiger partial charge on any atom is -0.418 e. The summed E-state index contributed by atoms with van der Waals surface area (Å²) >= 11 is 6.84. The van der Waals surface area contributed by atoms with Crippen LogP contribution in [0, 0.1) is 0 Å². The molecule has 0 radical (unpaired) electrons. The minimum atomic E-state index is 0.225. The normalized spacial score (nSPS) is 10.8.